The Morgan fingerprint density at radius 2 is 1.86 bits per heavy atom. The van der Waals surface area contributed by atoms with E-state index in [4.69, 9.17) is 5.11 Å². The highest BCUT2D eigenvalue weighted by Gasteiger charge is 2.28. The third kappa shape index (κ3) is 2.62. The molecule has 2 atom stereocenters. The molecule has 0 aromatic heterocycles. The molecular formula is C18H17FO2. The third-order valence-electron chi connectivity index (χ3n) is 4.01. The van der Waals surface area contributed by atoms with E-state index in [2.05, 4.69) is 0 Å². The molecule has 0 unspecified atom stereocenters. The van der Waals surface area contributed by atoms with Crippen molar-refractivity contribution in [1.29, 1.82) is 0 Å². The quantitative estimate of drug-likeness (QED) is 0.832. The van der Waals surface area contributed by atoms with Crippen molar-refractivity contribution in [2.45, 2.75) is 18.4 Å². The molecule has 1 aliphatic rings. The molecule has 2 nitrogen and oxygen atoms in total. The van der Waals surface area contributed by atoms with Gasteiger partial charge >= 0.3 is 0 Å². The summed E-state index contributed by atoms with van der Waals surface area (Å²) in [5.41, 5.74) is 3.70. The Kier molecular flexibility index (Phi) is 3.86. The smallest absolute Gasteiger partial charge is 0.123 e. The van der Waals surface area contributed by atoms with Gasteiger partial charge in [-0.3, -0.25) is 0 Å². The highest BCUT2D eigenvalue weighted by atomic mass is 19.1. The first-order valence-corrected chi connectivity index (χ1v) is 7.02. The van der Waals surface area contributed by atoms with Crippen LogP contribution in [0.4, 0.5) is 4.39 Å². The van der Waals surface area contributed by atoms with Crippen molar-refractivity contribution < 1.29 is 14.6 Å². The highest BCUT2D eigenvalue weighted by molar-refractivity contribution is 5.46. The molecule has 2 aromatic carbocycles. The van der Waals surface area contributed by atoms with Crippen LogP contribution in [0, 0.1) is 5.82 Å². The fourth-order valence-corrected chi connectivity index (χ4v) is 3.01. The predicted octanol–water partition coefficient (Wildman–Crippen LogP) is 3.10. The summed E-state index contributed by atoms with van der Waals surface area (Å²) < 4.78 is 13.5. The molecule has 0 aliphatic heterocycles. The first-order valence-electron chi connectivity index (χ1n) is 7.02. The molecule has 0 saturated heterocycles. The van der Waals surface area contributed by atoms with Gasteiger partial charge in [-0.1, -0.05) is 42.5 Å². The second-order valence-corrected chi connectivity index (χ2v) is 5.30. The van der Waals surface area contributed by atoms with E-state index in [-0.39, 0.29) is 18.3 Å². The minimum absolute atomic E-state index is 0.0819. The second kappa shape index (κ2) is 5.80. The molecule has 21 heavy (non-hydrogen) atoms. The normalized spacial score (nSPS) is 20.9. The zero-order valence-electron chi connectivity index (χ0n) is 11.5. The summed E-state index contributed by atoms with van der Waals surface area (Å²) in [6, 6.07) is 12.5. The van der Waals surface area contributed by atoms with Crippen molar-refractivity contribution in [3.8, 4) is 0 Å². The summed E-state index contributed by atoms with van der Waals surface area (Å²) >= 11 is 0. The number of rotatable bonds is 2. The van der Waals surface area contributed by atoms with Gasteiger partial charge in [0.25, 0.3) is 0 Å². The van der Waals surface area contributed by atoms with E-state index >= 15 is 0 Å². The van der Waals surface area contributed by atoms with Crippen molar-refractivity contribution in [3.63, 3.8) is 0 Å². The van der Waals surface area contributed by atoms with Crippen LogP contribution in [0.5, 0.6) is 0 Å². The van der Waals surface area contributed by atoms with Gasteiger partial charge in [0.2, 0.25) is 0 Å². The first kappa shape index (κ1) is 14.0. The molecular weight excluding hydrogens is 267 g/mol. The summed E-state index contributed by atoms with van der Waals surface area (Å²) in [6.45, 7) is -0.0819. The van der Waals surface area contributed by atoms with Gasteiger partial charge in [-0.25, -0.2) is 4.39 Å². The van der Waals surface area contributed by atoms with Crippen LogP contribution in [0.1, 0.15) is 34.3 Å². The largest absolute Gasteiger partial charge is 0.392 e. The maximum atomic E-state index is 13.5. The lowest BCUT2D eigenvalue weighted by Gasteiger charge is -2.20. The molecule has 1 aliphatic carbocycles. The lowest BCUT2D eigenvalue weighted by atomic mass is 9.88. The van der Waals surface area contributed by atoms with Gasteiger partial charge in [-0.05, 0) is 40.8 Å². The van der Waals surface area contributed by atoms with Crippen molar-refractivity contribution >= 4 is 0 Å². The lowest BCUT2D eigenvalue weighted by molar-refractivity contribution is 0.161. The average Bonchev–Trinajstić information content (AvgIpc) is 2.61. The predicted molar refractivity (Wildman–Crippen MR) is 79.6 cm³/mol. The number of aliphatic hydroxyl groups is 2. The van der Waals surface area contributed by atoms with E-state index < -0.39 is 6.10 Å². The molecule has 3 rings (SSSR count). The van der Waals surface area contributed by atoms with Crippen LogP contribution in [0.15, 0.2) is 54.6 Å². The maximum absolute atomic E-state index is 13.5. The second-order valence-electron chi connectivity index (χ2n) is 5.30. The van der Waals surface area contributed by atoms with Gasteiger partial charge in [0.15, 0.2) is 0 Å². The van der Waals surface area contributed by atoms with E-state index in [0.29, 0.717) is 12.0 Å². The van der Waals surface area contributed by atoms with Gasteiger partial charge < -0.3 is 10.2 Å². The fraction of sp³-hybridized carbons (Fsp3) is 0.222. The average molecular weight is 284 g/mol. The number of hydrogen-bond donors (Lipinski definition) is 2. The SMILES string of the molecule is OCC=C[C@H]1c2ccccc2Cc2ccc(F)cc2[C@H]1O. The number of hydrogen-bond acceptors (Lipinski definition) is 2. The van der Waals surface area contributed by atoms with Gasteiger partial charge in [0.05, 0.1) is 12.7 Å². The van der Waals surface area contributed by atoms with Gasteiger partial charge in [0.1, 0.15) is 5.82 Å². The van der Waals surface area contributed by atoms with E-state index in [1.807, 2.05) is 24.3 Å². The number of halogens is 1. The van der Waals surface area contributed by atoms with Crippen LogP contribution < -0.4 is 0 Å². The topological polar surface area (TPSA) is 40.5 Å². The maximum Gasteiger partial charge on any atom is 0.123 e. The standard InChI is InChI=1S/C18H17FO2/c19-14-8-7-13-10-12-4-1-2-5-15(12)16(6-3-9-20)18(21)17(13)11-14/h1-8,11,16,18,20-21H,9-10H2/t16-,18-/m0/s1. The van der Waals surface area contributed by atoms with Crippen molar-refractivity contribution in [2.75, 3.05) is 6.61 Å². The molecule has 0 saturated carbocycles. The molecule has 0 spiro atoms. The Bertz CT molecular complexity index is 679. The van der Waals surface area contributed by atoms with Crippen molar-refractivity contribution in [1.82, 2.24) is 0 Å². The highest BCUT2D eigenvalue weighted by Crippen LogP contribution is 2.40. The minimum atomic E-state index is -0.817. The monoisotopic (exact) mass is 284 g/mol. The van der Waals surface area contributed by atoms with E-state index in [1.165, 1.54) is 12.1 Å². The lowest BCUT2D eigenvalue weighted by Crippen LogP contribution is -2.09. The molecule has 108 valence electrons. The third-order valence-corrected chi connectivity index (χ3v) is 4.01. The summed E-state index contributed by atoms with van der Waals surface area (Å²) in [4.78, 5) is 0. The van der Waals surface area contributed by atoms with Crippen LogP contribution in [0.2, 0.25) is 0 Å². The van der Waals surface area contributed by atoms with Crippen molar-refractivity contribution in [2.24, 2.45) is 0 Å². The number of fused-ring (bicyclic) bond motifs is 2. The van der Waals surface area contributed by atoms with E-state index in [9.17, 15) is 9.50 Å². The zero-order chi connectivity index (χ0) is 14.8. The Hall–Kier alpha value is -1.97. The van der Waals surface area contributed by atoms with Crippen LogP contribution in [0.25, 0.3) is 0 Å². The summed E-state index contributed by atoms with van der Waals surface area (Å²) in [6.07, 6.45) is 3.27. The number of aliphatic hydroxyl groups excluding tert-OH is 2. The summed E-state index contributed by atoms with van der Waals surface area (Å²) in [5.74, 6) is -0.625. The van der Waals surface area contributed by atoms with Gasteiger partial charge in [-0.15, -0.1) is 0 Å². The number of benzene rings is 2. The van der Waals surface area contributed by atoms with E-state index in [0.717, 1.165) is 16.7 Å². The van der Waals surface area contributed by atoms with Crippen LogP contribution in [0.3, 0.4) is 0 Å². The molecule has 0 heterocycles. The molecule has 3 heteroatoms. The van der Waals surface area contributed by atoms with Crippen LogP contribution >= 0.6 is 0 Å². The Morgan fingerprint density at radius 3 is 2.67 bits per heavy atom. The van der Waals surface area contributed by atoms with Crippen LogP contribution in [-0.2, 0) is 6.42 Å². The molecule has 0 radical (unpaired) electrons. The summed E-state index contributed by atoms with van der Waals surface area (Å²) in [5, 5.41) is 19.7. The molecule has 0 bridgehead atoms. The van der Waals surface area contributed by atoms with E-state index in [1.54, 1.807) is 18.2 Å². The zero-order valence-corrected chi connectivity index (χ0v) is 11.5. The molecule has 0 amide bonds. The van der Waals surface area contributed by atoms with Gasteiger partial charge in [0, 0.05) is 5.92 Å². The molecule has 2 aromatic rings. The van der Waals surface area contributed by atoms with Crippen molar-refractivity contribution in [3.05, 3.63) is 82.7 Å². The first-order chi connectivity index (χ1) is 10.2. The Morgan fingerprint density at radius 1 is 1.10 bits per heavy atom. The Labute approximate surface area is 123 Å². The fourth-order valence-electron chi connectivity index (χ4n) is 3.01. The summed E-state index contributed by atoms with van der Waals surface area (Å²) in [7, 11) is 0. The molecule has 2 N–H and O–H groups in total. The van der Waals surface area contributed by atoms with Gasteiger partial charge in [-0.2, -0.15) is 0 Å². The minimum Gasteiger partial charge on any atom is -0.392 e. The Balaban J connectivity index is 2.17. The van der Waals surface area contributed by atoms with Crippen LogP contribution in [-0.4, -0.2) is 16.8 Å². The molecule has 0 fully saturated rings.